The molecular weight excluding hydrogens is 290 g/mol. The van der Waals surface area contributed by atoms with Gasteiger partial charge in [-0.3, -0.25) is 0 Å². The third-order valence-electron chi connectivity index (χ3n) is 3.68. The van der Waals surface area contributed by atoms with E-state index in [4.69, 9.17) is 16.3 Å². The lowest BCUT2D eigenvalue weighted by Gasteiger charge is -2.26. The standard InChI is InChI=1S/C16H26ClNO3/c1-3-16(20,4-2)12-18-9-14(19)11-21-10-13-7-5-6-8-15(13)17/h5-8,14,18-20H,3-4,9-12H2,1-2H3. The summed E-state index contributed by atoms with van der Waals surface area (Å²) in [4.78, 5) is 0. The Bertz CT molecular complexity index is 410. The van der Waals surface area contributed by atoms with Crippen LogP contribution in [0.1, 0.15) is 32.3 Å². The van der Waals surface area contributed by atoms with Crippen molar-refractivity contribution in [1.29, 1.82) is 0 Å². The number of rotatable bonds is 10. The highest BCUT2D eigenvalue weighted by Gasteiger charge is 2.21. The van der Waals surface area contributed by atoms with Gasteiger partial charge in [-0.2, -0.15) is 0 Å². The van der Waals surface area contributed by atoms with E-state index < -0.39 is 11.7 Å². The molecule has 0 aliphatic rings. The van der Waals surface area contributed by atoms with Crippen molar-refractivity contribution < 1.29 is 14.9 Å². The van der Waals surface area contributed by atoms with Gasteiger partial charge in [0.2, 0.25) is 0 Å². The molecule has 0 heterocycles. The van der Waals surface area contributed by atoms with Gasteiger partial charge < -0.3 is 20.3 Å². The highest BCUT2D eigenvalue weighted by molar-refractivity contribution is 6.31. The molecule has 0 saturated heterocycles. The van der Waals surface area contributed by atoms with E-state index in [-0.39, 0.29) is 6.61 Å². The molecule has 120 valence electrons. The quantitative estimate of drug-likeness (QED) is 0.620. The SMILES string of the molecule is CCC(O)(CC)CNCC(O)COCc1ccccc1Cl. The van der Waals surface area contributed by atoms with E-state index in [1.165, 1.54) is 0 Å². The van der Waals surface area contributed by atoms with Crippen LogP contribution in [0.5, 0.6) is 0 Å². The average Bonchev–Trinajstić information content (AvgIpc) is 2.49. The molecule has 0 aliphatic carbocycles. The van der Waals surface area contributed by atoms with E-state index in [1.807, 2.05) is 38.1 Å². The van der Waals surface area contributed by atoms with Crippen molar-refractivity contribution in [3.05, 3.63) is 34.9 Å². The molecule has 0 radical (unpaired) electrons. The Balaban J connectivity index is 2.20. The van der Waals surface area contributed by atoms with Gasteiger partial charge in [-0.15, -0.1) is 0 Å². The van der Waals surface area contributed by atoms with Crippen molar-refractivity contribution in [3.8, 4) is 0 Å². The highest BCUT2D eigenvalue weighted by Crippen LogP contribution is 2.15. The predicted octanol–water partition coefficient (Wildman–Crippen LogP) is 2.36. The summed E-state index contributed by atoms with van der Waals surface area (Å²) in [5.74, 6) is 0. The average molecular weight is 316 g/mol. The van der Waals surface area contributed by atoms with Gasteiger partial charge in [0.1, 0.15) is 0 Å². The molecule has 0 aliphatic heterocycles. The van der Waals surface area contributed by atoms with Gasteiger partial charge in [-0.1, -0.05) is 43.6 Å². The summed E-state index contributed by atoms with van der Waals surface area (Å²) >= 11 is 6.02. The van der Waals surface area contributed by atoms with E-state index >= 15 is 0 Å². The van der Waals surface area contributed by atoms with Gasteiger partial charge in [0.25, 0.3) is 0 Å². The van der Waals surface area contributed by atoms with Crippen LogP contribution in [-0.2, 0) is 11.3 Å². The Morgan fingerprint density at radius 2 is 1.95 bits per heavy atom. The monoisotopic (exact) mass is 315 g/mol. The zero-order valence-corrected chi connectivity index (χ0v) is 13.6. The smallest absolute Gasteiger partial charge is 0.0897 e. The number of aliphatic hydroxyl groups is 2. The molecule has 1 aromatic rings. The fourth-order valence-electron chi connectivity index (χ4n) is 1.95. The fraction of sp³-hybridized carbons (Fsp3) is 0.625. The number of hydrogen-bond acceptors (Lipinski definition) is 4. The normalized spacial score (nSPS) is 13.4. The first-order valence-corrected chi connectivity index (χ1v) is 7.81. The van der Waals surface area contributed by atoms with Gasteiger partial charge in [0.05, 0.1) is 24.9 Å². The van der Waals surface area contributed by atoms with E-state index in [1.54, 1.807) is 0 Å². The van der Waals surface area contributed by atoms with Gasteiger partial charge in [0, 0.05) is 18.1 Å². The second-order valence-electron chi connectivity index (χ2n) is 5.32. The Labute approximate surface area is 132 Å². The van der Waals surface area contributed by atoms with Crippen molar-refractivity contribution in [3.63, 3.8) is 0 Å². The lowest BCUT2D eigenvalue weighted by atomic mass is 9.97. The summed E-state index contributed by atoms with van der Waals surface area (Å²) < 4.78 is 5.46. The molecule has 21 heavy (non-hydrogen) atoms. The summed E-state index contributed by atoms with van der Waals surface area (Å²) in [6.07, 6.45) is 0.774. The highest BCUT2D eigenvalue weighted by atomic mass is 35.5. The van der Waals surface area contributed by atoms with Crippen molar-refractivity contribution >= 4 is 11.6 Å². The zero-order chi connectivity index (χ0) is 15.7. The predicted molar refractivity (Wildman–Crippen MR) is 85.5 cm³/mol. The zero-order valence-electron chi connectivity index (χ0n) is 12.8. The maximum Gasteiger partial charge on any atom is 0.0897 e. The second kappa shape index (κ2) is 9.38. The summed E-state index contributed by atoms with van der Waals surface area (Å²) in [6.45, 7) is 5.38. The van der Waals surface area contributed by atoms with Crippen LogP contribution >= 0.6 is 11.6 Å². The molecule has 3 N–H and O–H groups in total. The first kappa shape index (κ1) is 18.4. The molecule has 4 nitrogen and oxygen atoms in total. The summed E-state index contributed by atoms with van der Waals surface area (Å²) in [5.41, 5.74) is 0.212. The van der Waals surface area contributed by atoms with Crippen LogP contribution < -0.4 is 5.32 Å². The molecule has 0 bridgehead atoms. The molecule has 1 rings (SSSR count). The molecule has 1 unspecified atom stereocenters. The van der Waals surface area contributed by atoms with E-state index in [0.29, 0.717) is 37.6 Å². The molecule has 5 heteroatoms. The van der Waals surface area contributed by atoms with E-state index in [9.17, 15) is 10.2 Å². The van der Waals surface area contributed by atoms with Crippen LogP contribution in [0.3, 0.4) is 0 Å². The topological polar surface area (TPSA) is 61.7 Å². The Hall–Kier alpha value is -0.650. The fourth-order valence-corrected chi connectivity index (χ4v) is 2.14. The van der Waals surface area contributed by atoms with E-state index in [2.05, 4.69) is 5.32 Å². The number of hydrogen-bond donors (Lipinski definition) is 3. The van der Waals surface area contributed by atoms with Crippen molar-refractivity contribution in [2.75, 3.05) is 19.7 Å². The maximum absolute atomic E-state index is 10.1. The van der Waals surface area contributed by atoms with Crippen molar-refractivity contribution in [1.82, 2.24) is 5.32 Å². The molecule has 0 fully saturated rings. The van der Waals surface area contributed by atoms with Crippen LogP contribution in [0.4, 0.5) is 0 Å². The van der Waals surface area contributed by atoms with E-state index in [0.717, 1.165) is 5.56 Å². The second-order valence-corrected chi connectivity index (χ2v) is 5.73. The van der Waals surface area contributed by atoms with Crippen molar-refractivity contribution in [2.24, 2.45) is 0 Å². The third-order valence-corrected chi connectivity index (χ3v) is 4.04. The largest absolute Gasteiger partial charge is 0.389 e. The van der Waals surface area contributed by atoms with Gasteiger partial charge >= 0.3 is 0 Å². The minimum Gasteiger partial charge on any atom is -0.389 e. The van der Waals surface area contributed by atoms with Crippen LogP contribution in [0, 0.1) is 0 Å². The molecule has 0 spiro atoms. The first-order chi connectivity index (χ1) is 10.0. The van der Waals surface area contributed by atoms with Crippen molar-refractivity contribution in [2.45, 2.75) is 45.0 Å². The van der Waals surface area contributed by atoms with Gasteiger partial charge in [0.15, 0.2) is 0 Å². The molecular formula is C16H26ClNO3. The van der Waals surface area contributed by atoms with Crippen LogP contribution in [0.25, 0.3) is 0 Å². The molecule has 1 aromatic carbocycles. The molecule has 0 aromatic heterocycles. The molecule has 0 saturated carbocycles. The molecule has 1 atom stereocenters. The first-order valence-electron chi connectivity index (χ1n) is 7.43. The maximum atomic E-state index is 10.1. The van der Waals surface area contributed by atoms with Gasteiger partial charge in [-0.25, -0.2) is 0 Å². The Morgan fingerprint density at radius 3 is 2.57 bits per heavy atom. The summed E-state index contributed by atoms with van der Waals surface area (Å²) in [7, 11) is 0. The third kappa shape index (κ3) is 6.76. The molecule has 0 amide bonds. The number of ether oxygens (including phenoxy) is 1. The number of halogens is 1. The Kier molecular flexibility index (Phi) is 8.22. The number of aliphatic hydroxyl groups excluding tert-OH is 1. The van der Waals surface area contributed by atoms with Gasteiger partial charge in [-0.05, 0) is 24.5 Å². The van der Waals surface area contributed by atoms with Crippen LogP contribution in [-0.4, -0.2) is 41.6 Å². The summed E-state index contributed by atoms with van der Waals surface area (Å²) in [5, 5.41) is 23.7. The van der Waals surface area contributed by atoms with Crippen LogP contribution in [0.15, 0.2) is 24.3 Å². The lowest BCUT2D eigenvalue weighted by Crippen LogP contribution is -2.42. The number of benzene rings is 1. The summed E-state index contributed by atoms with van der Waals surface area (Å²) in [6, 6.07) is 7.48. The Morgan fingerprint density at radius 1 is 1.29 bits per heavy atom. The lowest BCUT2D eigenvalue weighted by molar-refractivity contribution is 0.0128. The number of nitrogens with one attached hydrogen (secondary N) is 1. The van der Waals surface area contributed by atoms with Crippen LogP contribution in [0.2, 0.25) is 5.02 Å². The minimum absolute atomic E-state index is 0.231. The minimum atomic E-state index is -0.696.